The molecule has 2 nitrogen and oxygen atoms in total. The number of hydrogen-bond acceptors (Lipinski definition) is 2. The third-order valence-corrected chi connectivity index (χ3v) is 3.48. The minimum absolute atomic E-state index is 0.449. The van der Waals surface area contributed by atoms with Gasteiger partial charge in [-0.25, -0.2) is 0 Å². The summed E-state index contributed by atoms with van der Waals surface area (Å²) in [6.45, 7) is 5.03. The molecule has 3 aromatic rings. The summed E-state index contributed by atoms with van der Waals surface area (Å²) >= 11 is 0. The molecule has 0 aliphatic carbocycles. The second-order valence-corrected chi connectivity index (χ2v) is 5.35. The van der Waals surface area contributed by atoms with Gasteiger partial charge in [0, 0.05) is 11.6 Å². The molecule has 0 radical (unpaired) electrons. The van der Waals surface area contributed by atoms with Crippen molar-refractivity contribution in [2.45, 2.75) is 26.4 Å². The quantitative estimate of drug-likeness (QED) is 0.746. The fraction of sp³-hybridized carbons (Fsp3) is 0.222. The van der Waals surface area contributed by atoms with E-state index < -0.39 is 0 Å². The molecule has 0 saturated heterocycles. The summed E-state index contributed by atoms with van der Waals surface area (Å²) in [5.41, 5.74) is 2.38. The van der Waals surface area contributed by atoms with E-state index in [1.165, 1.54) is 21.9 Å². The van der Waals surface area contributed by atoms with Gasteiger partial charge in [0.1, 0.15) is 5.76 Å². The largest absolute Gasteiger partial charge is 0.467 e. The molecule has 0 bridgehead atoms. The lowest BCUT2D eigenvalue weighted by Gasteiger charge is -2.08. The molecule has 20 heavy (non-hydrogen) atoms. The molecule has 2 aromatic carbocycles. The van der Waals surface area contributed by atoms with Crippen LogP contribution >= 0.6 is 0 Å². The second-order valence-electron chi connectivity index (χ2n) is 5.35. The molecule has 0 atom stereocenters. The zero-order valence-electron chi connectivity index (χ0n) is 11.9. The van der Waals surface area contributed by atoms with Crippen molar-refractivity contribution in [2.24, 2.45) is 0 Å². The molecule has 0 saturated carbocycles. The summed E-state index contributed by atoms with van der Waals surface area (Å²) in [5, 5.41) is 5.93. The maximum absolute atomic E-state index is 5.62. The molecule has 3 rings (SSSR count). The van der Waals surface area contributed by atoms with Crippen LogP contribution in [0.5, 0.6) is 0 Å². The highest BCUT2D eigenvalue weighted by molar-refractivity contribution is 5.87. The van der Waals surface area contributed by atoms with Gasteiger partial charge in [-0.3, -0.25) is 0 Å². The number of hydrogen-bond donors (Lipinski definition) is 1. The highest BCUT2D eigenvalue weighted by Crippen LogP contribution is 2.28. The third kappa shape index (κ3) is 2.61. The minimum atomic E-state index is 0.449. The van der Waals surface area contributed by atoms with Gasteiger partial charge in [0.15, 0.2) is 0 Å². The fourth-order valence-corrected chi connectivity index (χ4v) is 2.39. The molecule has 0 fully saturated rings. The number of benzene rings is 2. The normalized spacial score (nSPS) is 11.3. The van der Waals surface area contributed by atoms with Gasteiger partial charge in [-0.15, -0.1) is 0 Å². The fourth-order valence-electron chi connectivity index (χ4n) is 2.39. The van der Waals surface area contributed by atoms with Gasteiger partial charge >= 0.3 is 0 Å². The topological polar surface area (TPSA) is 25.2 Å². The average molecular weight is 265 g/mol. The monoisotopic (exact) mass is 265 g/mol. The Morgan fingerprint density at radius 1 is 1.00 bits per heavy atom. The highest BCUT2D eigenvalue weighted by atomic mass is 16.3. The molecule has 0 amide bonds. The van der Waals surface area contributed by atoms with Crippen molar-refractivity contribution in [1.29, 1.82) is 0 Å². The predicted molar refractivity (Wildman–Crippen MR) is 83.6 cm³/mol. The van der Waals surface area contributed by atoms with Crippen LogP contribution in [-0.2, 0) is 6.54 Å². The summed E-state index contributed by atoms with van der Waals surface area (Å²) in [4.78, 5) is 0. The standard InChI is InChI=1S/C18H19NO/c1-13(2)19-12-18-17(9-10-20-18)16-8-7-14-5-3-4-6-15(14)11-16/h3-11,13,19H,12H2,1-2H3. The number of rotatable bonds is 4. The molecule has 2 heteroatoms. The van der Waals surface area contributed by atoms with Crippen LogP contribution in [0.25, 0.3) is 21.9 Å². The van der Waals surface area contributed by atoms with Crippen molar-refractivity contribution >= 4 is 10.8 Å². The Hall–Kier alpha value is -2.06. The van der Waals surface area contributed by atoms with E-state index >= 15 is 0 Å². The summed E-state index contributed by atoms with van der Waals surface area (Å²) < 4.78 is 5.62. The van der Waals surface area contributed by atoms with Crippen LogP contribution in [0, 0.1) is 0 Å². The Morgan fingerprint density at radius 2 is 1.80 bits per heavy atom. The molecule has 0 spiro atoms. The second kappa shape index (κ2) is 5.51. The lowest BCUT2D eigenvalue weighted by Crippen LogP contribution is -2.21. The Labute approximate surface area is 119 Å². The van der Waals surface area contributed by atoms with Gasteiger partial charge in [-0.05, 0) is 28.5 Å². The van der Waals surface area contributed by atoms with Crippen LogP contribution in [0.3, 0.4) is 0 Å². The van der Waals surface area contributed by atoms with E-state index in [1.807, 2.05) is 6.07 Å². The number of nitrogens with one attached hydrogen (secondary N) is 1. The first-order valence-electron chi connectivity index (χ1n) is 7.03. The third-order valence-electron chi connectivity index (χ3n) is 3.48. The average Bonchev–Trinajstić information content (AvgIpc) is 2.93. The maximum atomic E-state index is 5.62. The SMILES string of the molecule is CC(C)NCc1occc1-c1ccc2ccccc2c1. The molecular formula is C18H19NO. The van der Waals surface area contributed by atoms with Gasteiger partial charge in [-0.1, -0.05) is 50.2 Å². The molecule has 1 aromatic heterocycles. The first-order chi connectivity index (χ1) is 9.74. The number of furan rings is 1. The molecule has 0 unspecified atom stereocenters. The molecule has 0 aliphatic rings. The zero-order valence-corrected chi connectivity index (χ0v) is 11.9. The van der Waals surface area contributed by atoms with Gasteiger partial charge in [-0.2, -0.15) is 0 Å². The highest BCUT2D eigenvalue weighted by Gasteiger charge is 2.09. The van der Waals surface area contributed by atoms with Crippen molar-refractivity contribution in [2.75, 3.05) is 0 Å². The van der Waals surface area contributed by atoms with Crippen LogP contribution in [0.4, 0.5) is 0 Å². The van der Waals surface area contributed by atoms with Gasteiger partial charge in [0.2, 0.25) is 0 Å². The maximum Gasteiger partial charge on any atom is 0.125 e. The molecule has 102 valence electrons. The number of fused-ring (bicyclic) bond motifs is 1. The first kappa shape index (κ1) is 12.9. The van der Waals surface area contributed by atoms with Crippen molar-refractivity contribution in [3.63, 3.8) is 0 Å². The molecule has 1 heterocycles. The van der Waals surface area contributed by atoms with Crippen LogP contribution in [-0.4, -0.2) is 6.04 Å². The summed E-state index contributed by atoms with van der Waals surface area (Å²) in [7, 11) is 0. The Morgan fingerprint density at radius 3 is 2.60 bits per heavy atom. The van der Waals surface area contributed by atoms with E-state index in [9.17, 15) is 0 Å². The predicted octanol–water partition coefficient (Wildman–Crippen LogP) is 4.60. The van der Waals surface area contributed by atoms with Crippen LogP contribution in [0.15, 0.2) is 59.2 Å². The Kier molecular flexibility index (Phi) is 3.57. The van der Waals surface area contributed by atoms with Crippen LogP contribution in [0.2, 0.25) is 0 Å². The zero-order chi connectivity index (χ0) is 13.9. The van der Waals surface area contributed by atoms with E-state index in [0.29, 0.717) is 6.04 Å². The minimum Gasteiger partial charge on any atom is -0.467 e. The van der Waals surface area contributed by atoms with Gasteiger partial charge < -0.3 is 9.73 Å². The van der Waals surface area contributed by atoms with Crippen LogP contribution < -0.4 is 5.32 Å². The lowest BCUT2D eigenvalue weighted by molar-refractivity contribution is 0.466. The molecule has 1 N–H and O–H groups in total. The molecule has 0 aliphatic heterocycles. The van der Waals surface area contributed by atoms with E-state index in [1.54, 1.807) is 6.26 Å². The van der Waals surface area contributed by atoms with E-state index in [2.05, 4.69) is 61.6 Å². The Balaban J connectivity index is 1.96. The van der Waals surface area contributed by atoms with Crippen molar-refractivity contribution in [3.8, 4) is 11.1 Å². The van der Waals surface area contributed by atoms with Gasteiger partial charge in [0.25, 0.3) is 0 Å². The van der Waals surface area contributed by atoms with Crippen molar-refractivity contribution in [3.05, 3.63) is 60.6 Å². The van der Waals surface area contributed by atoms with E-state index in [0.717, 1.165) is 12.3 Å². The summed E-state index contributed by atoms with van der Waals surface area (Å²) in [6, 6.07) is 17.5. The van der Waals surface area contributed by atoms with E-state index in [4.69, 9.17) is 4.42 Å². The summed E-state index contributed by atoms with van der Waals surface area (Å²) in [6.07, 6.45) is 1.77. The van der Waals surface area contributed by atoms with Crippen molar-refractivity contribution < 1.29 is 4.42 Å². The lowest BCUT2D eigenvalue weighted by atomic mass is 10.0. The summed E-state index contributed by atoms with van der Waals surface area (Å²) in [5.74, 6) is 0.994. The smallest absolute Gasteiger partial charge is 0.125 e. The Bertz CT molecular complexity index is 712. The van der Waals surface area contributed by atoms with Crippen molar-refractivity contribution in [1.82, 2.24) is 5.32 Å². The van der Waals surface area contributed by atoms with Crippen LogP contribution in [0.1, 0.15) is 19.6 Å². The first-order valence-corrected chi connectivity index (χ1v) is 7.03. The molecular weight excluding hydrogens is 246 g/mol. The van der Waals surface area contributed by atoms with Gasteiger partial charge in [0.05, 0.1) is 12.8 Å². The van der Waals surface area contributed by atoms with E-state index in [-0.39, 0.29) is 0 Å².